The normalized spacial score (nSPS) is 10.4. The lowest BCUT2D eigenvalue weighted by molar-refractivity contribution is 0.281. The van der Waals surface area contributed by atoms with Crippen LogP contribution in [0.25, 0.3) is 11.1 Å². The summed E-state index contributed by atoms with van der Waals surface area (Å²) in [5.41, 5.74) is 5.75. The van der Waals surface area contributed by atoms with Crippen LogP contribution >= 0.6 is 0 Å². The molecule has 2 aromatic carbocycles. The van der Waals surface area contributed by atoms with Crippen LogP contribution in [-0.4, -0.2) is 5.11 Å². The molecule has 2 aromatic rings. The average Bonchev–Trinajstić information content (AvgIpc) is 2.31. The quantitative estimate of drug-likeness (QED) is 0.808. The SMILES string of the molecule is Cc1ccc(-c2ccc(C)c(CO)c2)cc1. The molecule has 0 atom stereocenters. The second-order valence-corrected chi connectivity index (χ2v) is 4.17. The summed E-state index contributed by atoms with van der Waals surface area (Å²) in [6.45, 7) is 4.20. The molecule has 1 N–H and O–H groups in total. The molecule has 0 aromatic heterocycles. The van der Waals surface area contributed by atoms with E-state index in [1.807, 2.05) is 6.92 Å². The van der Waals surface area contributed by atoms with Crippen LogP contribution in [0.2, 0.25) is 0 Å². The van der Waals surface area contributed by atoms with Gasteiger partial charge in [0.15, 0.2) is 0 Å². The molecule has 0 aliphatic carbocycles. The van der Waals surface area contributed by atoms with Crippen LogP contribution in [0.5, 0.6) is 0 Å². The van der Waals surface area contributed by atoms with Crippen molar-refractivity contribution in [1.29, 1.82) is 0 Å². The van der Waals surface area contributed by atoms with E-state index >= 15 is 0 Å². The van der Waals surface area contributed by atoms with Gasteiger partial charge < -0.3 is 5.11 Å². The Kier molecular flexibility index (Phi) is 3.07. The van der Waals surface area contributed by atoms with E-state index in [-0.39, 0.29) is 6.61 Å². The van der Waals surface area contributed by atoms with Crippen molar-refractivity contribution in [2.45, 2.75) is 20.5 Å². The van der Waals surface area contributed by atoms with Gasteiger partial charge in [0.2, 0.25) is 0 Å². The van der Waals surface area contributed by atoms with Gasteiger partial charge in [0, 0.05) is 0 Å². The minimum atomic E-state index is 0.103. The summed E-state index contributed by atoms with van der Waals surface area (Å²) >= 11 is 0. The van der Waals surface area contributed by atoms with E-state index in [2.05, 4.69) is 49.4 Å². The fourth-order valence-corrected chi connectivity index (χ4v) is 1.77. The maximum absolute atomic E-state index is 9.23. The molecule has 0 aliphatic rings. The van der Waals surface area contributed by atoms with Crippen LogP contribution in [0, 0.1) is 13.8 Å². The van der Waals surface area contributed by atoms with Crippen molar-refractivity contribution in [2.75, 3.05) is 0 Å². The Morgan fingerprint density at radius 3 is 2.12 bits per heavy atom. The summed E-state index contributed by atoms with van der Waals surface area (Å²) < 4.78 is 0. The van der Waals surface area contributed by atoms with Crippen molar-refractivity contribution in [3.8, 4) is 11.1 Å². The zero-order valence-electron chi connectivity index (χ0n) is 9.70. The van der Waals surface area contributed by atoms with Crippen LogP contribution in [0.3, 0.4) is 0 Å². The topological polar surface area (TPSA) is 20.2 Å². The maximum atomic E-state index is 9.23. The number of benzene rings is 2. The molecule has 1 nitrogen and oxygen atoms in total. The van der Waals surface area contributed by atoms with Crippen LogP contribution in [-0.2, 0) is 6.61 Å². The van der Waals surface area contributed by atoms with Gasteiger partial charge in [0.05, 0.1) is 6.61 Å². The number of hydrogen-bond acceptors (Lipinski definition) is 1. The lowest BCUT2D eigenvalue weighted by atomic mass is 9.99. The third kappa shape index (κ3) is 2.15. The molecule has 82 valence electrons. The Morgan fingerprint density at radius 2 is 1.50 bits per heavy atom. The van der Waals surface area contributed by atoms with Crippen LogP contribution < -0.4 is 0 Å². The maximum Gasteiger partial charge on any atom is 0.0684 e. The predicted octanol–water partition coefficient (Wildman–Crippen LogP) is 3.46. The molecule has 0 unspecified atom stereocenters. The van der Waals surface area contributed by atoms with Gasteiger partial charge in [-0.15, -0.1) is 0 Å². The van der Waals surface area contributed by atoms with Crippen LogP contribution in [0.1, 0.15) is 16.7 Å². The average molecular weight is 212 g/mol. The molecular weight excluding hydrogens is 196 g/mol. The molecule has 0 saturated carbocycles. The molecule has 0 spiro atoms. The summed E-state index contributed by atoms with van der Waals surface area (Å²) in [5.74, 6) is 0. The molecule has 0 aliphatic heterocycles. The molecule has 0 amide bonds. The number of rotatable bonds is 2. The zero-order chi connectivity index (χ0) is 11.5. The lowest BCUT2D eigenvalue weighted by Crippen LogP contribution is -1.89. The summed E-state index contributed by atoms with van der Waals surface area (Å²) in [6, 6.07) is 14.6. The van der Waals surface area contributed by atoms with Gasteiger partial charge in [-0.3, -0.25) is 0 Å². The van der Waals surface area contributed by atoms with E-state index in [9.17, 15) is 5.11 Å². The monoisotopic (exact) mass is 212 g/mol. The molecule has 0 bridgehead atoms. The molecule has 0 heterocycles. The standard InChI is InChI=1S/C15H16O/c1-11-3-6-13(7-4-11)14-8-5-12(2)15(9-14)10-16/h3-9,16H,10H2,1-2H3. The Bertz CT molecular complexity index is 483. The number of hydrogen-bond donors (Lipinski definition) is 1. The predicted molar refractivity (Wildman–Crippen MR) is 67.3 cm³/mol. The van der Waals surface area contributed by atoms with Gasteiger partial charge in [-0.25, -0.2) is 0 Å². The van der Waals surface area contributed by atoms with E-state index in [0.717, 1.165) is 16.7 Å². The van der Waals surface area contributed by atoms with Gasteiger partial charge in [0.1, 0.15) is 0 Å². The molecule has 0 radical (unpaired) electrons. The number of aliphatic hydroxyl groups excluding tert-OH is 1. The van der Waals surface area contributed by atoms with Gasteiger partial charge >= 0.3 is 0 Å². The van der Waals surface area contributed by atoms with Crippen molar-refractivity contribution < 1.29 is 5.11 Å². The van der Waals surface area contributed by atoms with Crippen molar-refractivity contribution in [1.82, 2.24) is 0 Å². The van der Waals surface area contributed by atoms with Gasteiger partial charge in [-0.1, -0.05) is 42.0 Å². The molecular formula is C15H16O. The smallest absolute Gasteiger partial charge is 0.0684 e. The fraction of sp³-hybridized carbons (Fsp3) is 0.200. The van der Waals surface area contributed by atoms with Crippen molar-refractivity contribution in [3.63, 3.8) is 0 Å². The first-order valence-electron chi connectivity index (χ1n) is 5.48. The second-order valence-electron chi connectivity index (χ2n) is 4.17. The summed E-state index contributed by atoms with van der Waals surface area (Å²) in [7, 11) is 0. The van der Waals surface area contributed by atoms with Gasteiger partial charge in [0.25, 0.3) is 0 Å². The molecule has 2 rings (SSSR count). The highest BCUT2D eigenvalue weighted by molar-refractivity contribution is 5.65. The van der Waals surface area contributed by atoms with E-state index < -0.39 is 0 Å². The van der Waals surface area contributed by atoms with Gasteiger partial charge in [-0.05, 0) is 42.2 Å². The third-order valence-corrected chi connectivity index (χ3v) is 2.90. The number of aliphatic hydroxyl groups is 1. The zero-order valence-corrected chi connectivity index (χ0v) is 9.70. The Hall–Kier alpha value is -1.60. The Labute approximate surface area is 96.4 Å². The van der Waals surface area contributed by atoms with Gasteiger partial charge in [-0.2, -0.15) is 0 Å². The van der Waals surface area contributed by atoms with Crippen LogP contribution in [0.4, 0.5) is 0 Å². The van der Waals surface area contributed by atoms with Crippen molar-refractivity contribution in [2.24, 2.45) is 0 Å². The molecule has 0 fully saturated rings. The highest BCUT2D eigenvalue weighted by atomic mass is 16.3. The largest absolute Gasteiger partial charge is 0.392 e. The first kappa shape index (κ1) is 10.9. The minimum Gasteiger partial charge on any atom is -0.392 e. The molecule has 0 saturated heterocycles. The van der Waals surface area contributed by atoms with Crippen LogP contribution in [0.15, 0.2) is 42.5 Å². The van der Waals surface area contributed by atoms with E-state index in [4.69, 9.17) is 0 Å². The second kappa shape index (κ2) is 4.50. The first-order valence-corrected chi connectivity index (χ1v) is 5.48. The summed E-state index contributed by atoms with van der Waals surface area (Å²) in [5, 5.41) is 9.23. The first-order chi connectivity index (χ1) is 7.70. The Balaban J connectivity index is 2.44. The van der Waals surface area contributed by atoms with E-state index in [1.54, 1.807) is 0 Å². The lowest BCUT2D eigenvalue weighted by Gasteiger charge is -2.07. The summed E-state index contributed by atoms with van der Waals surface area (Å²) in [4.78, 5) is 0. The Morgan fingerprint density at radius 1 is 0.875 bits per heavy atom. The van der Waals surface area contributed by atoms with Crippen molar-refractivity contribution in [3.05, 3.63) is 59.2 Å². The summed E-state index contributed by atoms with van der Waals surface area (Å²) in [6.07, 6.45) is 0. The highest BCUT2D eigenvalue weighted by Gasteiger charge is 2.01. The molecule has 16 heavy (non-hydrogen) atoms. The van der Waals surface area contributed by atoms with E-state index in [0.29, 0.717) is 0 Å². The number of aryl methyl sites for hydroxylation is 2. The third-order valence-electron chi connectivity index (χ3n) is 2.90. The molecule has 1 heteroatoms. The van der Waals surface area contributed by atoms with Crippen molar-refractivity contribution >= 4 is 0 Å². The van der Waals surface area contributed by atoms with E-state index in [1.165, 1.54) is 11.1 Å². The fourth-order valence-electron chi connectivity index (χ4n) is 1.77. The minimum absolute atomic E-state index is 0.103. The highest BCUT2D eigenvalue weighted by Crippen LogP contribution is 2.22.